The Morgan fingerprint density at radius 2 is 1.62 bits per heavy atom. The molecule has 1 heterocycles. The van der Waals surface area contributed by atoms with E-state index in [2.05, 4.69) is 13.8 Å². The Labute approximate surface area is 155 Å². The number of esters is 1. The molecule has 26 heavy (non-hydrogen) atoms. The zero-order chi connectivity index (χ0) is 18.9. The number of nitrogens with zero attached hydrogens (tertiary/aromatic N) is 1. The molecule has 0 aromatic heterocycles. The maximum Gasteiger partial charge on any atom is 0.309 e. The summed E-state index contributed by atoms with van der Waals surface area (Å²) in [5.74, 6) is 1.86. The largest absolute Gasteiger partial charge is 0.494 e. The van der Waals surface area contributed by atoms with Crippen LogP contribution in [0.25, 0.3) is 0 Å². The van der Waals surface area contributed by atoms with E-state index in [1.165, 1.54) is 0 Å². The third kappa shape index (κ3) is 6.58. The number of likely N-dealkylation sites (tertiary alicyclic amines) is 1. The number of piperidine rings is 1. The smallest absolute Gasteiger partial charge is 0.309 e. The molecule has 1 amide bonds. The van der Waals surface area contributed by atoms with E-state index in [1.807, 2.05) is 19.1 Å². The molecule has 0 N–H and O–H groups in total. The van der Waals surface area contributed by atoms with Gasteiger partial charge in [0.1, 0.15) is 11.5 Å². The van der Waals surface area contributed by atoms with Gasteiger partial charge in [-0.3, -0.25) is 9.59 Å². The second-order valence-corrected chi connectivity index (χ2v) is 6.91. The van der Waals surface area contributed by atoms with E-state index in [4.69, 9.17) is 14.2 Å². The summed E-state index contributed by atoms with van der Waals surface area (Å²) in [5.41, 5.74) is 0. The highest BCUT2D eigenvalue weighted by atomic mass is 16.5. The Balaban J connectivity index is 1.64. The van der Waals surface area contributed by atoms with Crippen molar-refractivity contribution >= 4 is 11.9 Å². The normalized spacial score (nSPS) is 19.7. The number of hydrogen-bond donors (Lipinski definition) is 0. The zero-order valence-corrected chi connectivity index (χ0v) is 15.9. The first-order chi connectivity index (χ1) is 12.5. The Kier molecular flexibility index (Phi) is 7.75. The van der Waals surface area contributed by atoms with Gasteiger partial charge in [-0.1, -0.05) is 13.8 Å². The first kappa shape index (κ1) is 20.1. The molecule has 0 spiro atoms. The number of hydrogen-bond acceptors (Lipinski definition) is 5. The van der Waals surface area contributed by atoms with Crippen molar-refractivity contribution in [1.82, 2.24) is 4.90 Å². The summed E-state index contributed by atoms with van der Waals surface area (Å²) in [6.45, 7) is 8.30. The van der Waals surface area contributed by atoms with Gasteiger partial charge in [0.15, 0.2) is 6.61 Å². The molecule has 0 radical (unpaired) electrons. The molecule has 1 aliphatic heterocycles. The molecular formula is C20H29NO5. The summed E-state index contributed by atoms with van der Waals surface area (Å²) in [6.07, 6.45) is 1.24. The van der Waals surface area contributed by atoms with Gasteiger partial charge in [0.25, 0.3) is 5.91 Å². The molecule has 144 valence electrons. The number of carbonyl (C=O) groups excluding carboxylic acids is 2. The molecule has 1 aromatic rings. The minimum Gasteiger partial charge on any atom is -0.494 e. The Morgan fingerprint density at radius 3 is 2.19 bits per heavy atom. The lowest BCUT2D eigenvalue weighted by Crippen LogP contribution is -2.44. The highest BCUT2D eigenvalue weighted by Gasteiger charge is 2.25. The molecule has 1 aliphatic rings. The van der Waals surface area contributed by atoms with E-state index >= 15 is 0 Å². The van der Waals surface area contributed by atoms with Crippen LogP contribution >= 0.6 is 0 Å². The second kappa shape index (κ2) is 10.0. The van der Waals surface area contributed by atoms with Gasteiger partial charge in [-0.15, -0.1) is 0 Å². The van der Waals surface area contributed by atoms with Crippen molar-refractivity contribution in [3.05, 3.63) is 24.3 Å². The lowest BCUT2D eigenvalue weighted by Gasteiger charge is -2.34. The number of amides is 1. The Morgan fingerprint density at radius 1 is 1.04 bits per heavy atom. The van der Waals surface area contributed by atoms with Gasteiger partial charge in [0, 0.05) is 13.1 Å². The first-order valence-corrected chi connectivity index (χ1v) is 9.27. The number of carbonyl (C=O) groups is 2. The van der Waals surface area contributed by atoms with Crippen molar-refractivity contribution in [3.8, 4) is 11.5 Å². The lowest BCUT2D eigenvalue weighted by molar-refractivity contribution is -0.153. The number of benzene rings is 1. The summed E-state index contributed by atoms with van der Waals surface area (Å²) in [6, 6.07) is 7.21. The van der Waals surface area contributed by atoms with E-state index in [0.717, 1.165) is 25.3 Å². The highest BCUT2D eigenvalue weighted by molar-refractivity contribution is 5.80. The molecular weight excluding hydrogens is 334 g/mol. The third-order valence-electron chi connectivity index (χ3n) is 4.29. The van der Waals surface area contributed by atoms with Gasteiger partial charge in [-0.2, -0.15) is 0 Å². The van der Waals surface area contributed by atoms with Crippen molar-refractivity contribution < 1.29 is 23.8 Å². The van der Waals surface area contributed by atoms with Gasteiger partial charge in [0.2, 0.25) is 0 Å². The predicted octanol–water partition coefficient (Wildman–Crippen LogP) is 2.90. The first-order valence-electron chi connectivity index (χ1n) is 9.27. The molecule has 0 unspecified atom stereocenters. The summed E-state index contributed by atoms with van der Waals surface area (Å²) in [5, 5.41) is 0. The van der Waals surface area contributed by atoms with Gasteiger partial charge in [-0.25, -0.2) is 0 Å². The number of rotatable bonds is 8. The third-order valence-corrected chi connectivity index (χ3v) is 4.29. The molecule has 6 heteroatoms. The molecule has 1 aromatic carbocycles. The van der Waals surface area contributed by atoms with E-state index in [0.29, 0.717) is 24.2 Å². The zero-order valence-electron chi connectivity index (χ0n) is 15.9. The van der Waals surface area contributed by atoms with Crippen LogP contribution in [0.5, 0.6) is 11.5 Å². The fraction of sp³-hybridized carbons (Fsp3) is 0.600. The lowest BCUT2D eigenvalue weighted by atomic mass is 9.92. The topological polar surface area (TPSA) is 65.1 Å². The van der Waals surface area contributed by atoms with E-state index in [-0.39, 0.29) is 25.5 Å². The van der Waals surface area contributed by atoms with Crippen LogP contribution in [-0.2, 0) is 14.3 Å². The summed E-state index contributed by atoms with van der Waals surface area (Å²) < 4.78 is 16.0. The summed E-state index contributed by atoms with van der Waals surface area (Å²) in [4.78, 5) is 25.8. The molecule has 0 saturated carbocycles. The van der Waals surface area contributed by atoms with Crippen molar-refractivity contribution in [2.45, 2.75) is 33.6 Å². The monoisotopic (exact) mass is 363 g/mol. The quantitative estimate of drug-likeness (QED) is 0.665. The van der Waals surface area contributed by atoms with Crippen molar-refractivity contribution in [2.24, 2.45) is 11.8 Å². The van der Waals surface area contributed by atoms with Gasteiger partial charge in [-0.05, 0) is 49.4 Å². The van der Waals surface area contributed by atoms with Crippen LogP contribution in [0.1, 0.15) is 33.6 Å². The van der Waals surface area contributed by atoms with Crippen LogP contribution in [0.15, 0.2) is 24.3 Å². The van der Waals surface area contributed by atoms with Gasteiger partial charge >= 0.3 is 5.97 Å². The SMILES string of the molecule is CCOc1ccc(OCCC(=O)OCC(=O)N2C[C@@H](C)C[C@H](C)C2)cc1. The molecule has 2 rings (SSSR count). The van der Waals surface area contributed by atoms with E-state index in [9.17, 15) is 9.59 Å². The molecule has 0 bridgehead atoms. The van der Waals surface area contributed by atoms with Crippen LogP contribution in [0.3, 0.4) is 0 Å². The van der Waals surface area contributed by atoms with Crippen LogP contribution in [0, 0.1) is 11.8 Å². The minimum atomic E-state index is -0.428. The maximum atomic E-state index is 12.2. The van der Waals surface area contributed by atoms with Gasteiger partial charge in [0.05, 0.1) is 19.6 Å². The predicted molar refractivity (Wildman–Crippen MR) is 98.2 cm³/mol. The second-order valence-electron chi connectivity index (χ2n) is 6.91. The molecule has 2 atom stereocenters. The highest BCUT2D eigenvalue weighted by Crippen LogP contribution is 2.21. The van der Waals surface area contributed by atoms with Crippen LogP contribution < -0.4 is 9.47 Å². The molecule has 1 fully saturated rings. The Hall–Kier alpha value is -2.24. The Bertz CT molecular complexity index is 576. The van der Waals surface area contributed by atoms with E-state index < -0.39 is 5.97 Å². The van der Waals surface area contributed by atoms with Crippen LogP contribution in [0.2, 0.25) is 0 Å². The van der Waals surface area contributed by atoms with Gasteiger partial charge < -0.3 is 19.1 Å². The molecule has 0 aliphatic carbocycles. The van der Waals surface area contributed by atoms with Crippen LogP contribution in [0.4, 0.5) is 0 Å². The fourth-order valence-electron chi connectivity index (χ4n) is 3.22. The van der Waals surface area contributed by atoms with E-state index in [1.54, 1.807) is 17.0 Å². The average molecular weight is 363 g/mol. The maximum absolute atomic E-state index is 12.2. The fourth-order valence-corrected chi connectivity index (χ4v) is 3.22. The standard InChI is InChI=1S/C20H29NO5/c1-4-24-17-5-7-18(8-6-17)25-10-9-20(23)26-14-19(22)21-12-15(2)11-16(3)13-21/h5-8,15-16H,4,9-14H2,1-3H3/t15-,16-/m0/s1. The summed E-state index contributed by atoms with van der Waals surface area (Å²) in [7, 11) is 0. The average Bonchev–Trinajstić information content (AvgIpc) is 2.60. The minimum absolute atomic E-state index is 0.104. The van der Waals surface area contributed by atoms with Crippen molar-refractivity contribution in [3.63, 3.8) is 0 Å². The van der Waals surface area contributed by atoms with Crippen LogP contribution in [-0.4, -0.2) is 49.7 Å². The molecule has 1 saturated heterocycles. The number of ether oxygens (including phenoxy) is 3. The summed E-state index contributed by atoms with van der Waals surface area (Å²) >= 11 is 0. The van der Waals surface area contributed by atoms with Crippen molar-refractivity contribution in [1.29, 1.82) is 0 Å². The molecule has 6 nitrogen and oxygen atoms in total. The van der Waals surface area contributed by atoms with Crippen molar-refractivity contribution in [2.75, 3.05) is 32.9 Å².